The molecule has 0 aliphatic heterocycles. The van der Waals surface area contributed by atoms with E-state index in [9.17, 15) is 0 Å². The molecule has 15 heavy (non-hydrogen) atoms. The molecule has 1 unspecified atom stereocenters. The van der Waals surface area contributed by atoms with Gasteiger partial charge in [-0.25, -0.2) is 0 Å². The molecule has 0 aromatic rings. The predicted octanol–water partition coefficient (Wildman–Crippen LogP) is 2.07. The van der Waals surface area contributed by atoms with Gasteiger partial charge in [-0.3, -0.25) is 5.41 Å². The highest BCUT2D eigenvalue weighted by Gasteiger charge is 2.44. The summed E-state index contributed by atoms with van der Waals surface area (Å²) in [6.07, 6.45) is 3.26. The minimum atomic E-state index is 0.337. The molecule has 1 fully saturated rings. The maximum atomic E-state index is 7.39. The van der Waals surface area contributed by atoms with Crippen molar-refractivity contribution in [2.45, 2.75) is 46.1 Å². The first-order valence-corrected chi connectivity index (χ1v) is 5.89. The maximum absolute atomic E-state index is 7.39. The molecule has 1 aliphatic rings. The van der Waals surface area contributed by atoms with Gasteiger partial charge in [-0.05, 0) is 38.1 Å². The molecule has 0 bridgehead atoms. The van der Waals surface area contributed by atoms with Crippen LogP contribution in [0.4, 0.5) is 0 Å². The largest absolute Gasteiger partial charge is 0.388 e. The van der Waals surface area contributed by atoms with Crippen LogP contribution in [-0.2, 0) is 0 Å². The minimum absolute atomic E-state index is 0.337. The van der Waals surface area contributed by atoms with E-state index in [1.807, 2.05) is 0 Å². The molecule has 0 aromatic heterocycles. The number of rotatable bonds is 6. The van der Waals surface area contributed by atoms with Crippen LogP contribution in [0.2, 0.25) is 0 Å². The summed E-state index contributed by atoms with van der Waals surface area (Å²) in [7, 11) is 2.19. The fourth-order valence-corrected chi connectivity index (χ4v) is 2.15. The Labute approximate surface area is 93.5 Å². The Hall–Kier alpha value is -0.570. The summed E-state index contributed by atoms with van der Waals surface area (Å²) in [6.45, 7) is 7.87. The van der Waals surface area contributed by atoms with Crippen molar-refractivity contribution in [3.8, 4) is 0 Å². The van der Waals surface area contributed by atoms with E-state index in [0.29, 0.717) is 23.2 Å². The van der Waals surface area contributed by atoms with Crippen molar-refractivity contribution in [1.82, 2.24) is 4.90 Å². The van der Waals surface area contributed by atoms with Crippen molar-refractivity contribution < 1.29 is 0 Å². The zero-order chi connectivity index (χ0) is 11.6. The fraction of sp³-hybridized carbons (Fsp3) is 0.917. The molecule has 0 heterocycles. The van der Waals surface area contributed by atoms with Gasteiger partial charge in [-0.2, -0.15) is 0 Å². The topological polar surface area (TPSA) is 53.1 Å². The number of nitrogens with two attached hydrogens (primary N) is 1. The van der Waals surface area contributed by atoms with Crippen LogP contribution in [0.1, 0.15) is 40.0 Å². The van der Waals surface area contributed by atoms with Crippen molar-refractivity contribution in [3.05, 3.63) is 0 Å². The van der Waals surface area contributed by atoms with Gasteiger partial charge in [0, 0.05) is 19.0 Å². The summed E-state index contributed by atoms with van der Waals surface area (Å²) >= 11 is 0. The third-order valence-corrected chi connectivity index (χ3v) is 3.77. The third-order valence-electron chi connectivity index (χ3n) is 3.77. The number of hydrogen-bond donors (Lipinski definition) is 2. The van der Waals surface area contributed by atoms with Crippen molar-refractivity contribution in [2.24, 2.45) is 17.1 Å². The average Bonchev–Trinajstić information content (AvgIpc) is 2.81. The Balaban J connectivity index is 2.44. The van der Waals surface area contributed by atoms with Gasteiger partial charge in [0.15, 0.2) is 0 Å². The second kappa shape index (κ2) is 4.52. The van der Waals surface area contributed by atoms with Crippen LogP contribution in [0, 0.1) is 16.7 Å². The lowest BCUT2D eigenvalue weighted by Crippen LogP contribution is -2.38. The zero-order valence-corrected chi connectivity index (χ0v) is 10.5. The Morgan fingerprint density at radius 2 is 1.93 bits per heavy atom. The first kappa shape index (κ1) is 12.5. The standard InChI is InChI=1S/C12H25N3/c1-9(2)10(3)15(4)8-12(5-6-12)7-11(13)14/h9-10H,5-8H2,1-4H3,(H3,13,14). The third kappa shape index (κ3) is 3.49. The van der Waals surface area contributed by atoms with Crippen LogP contribution in [-0.4, -0.2) is 30.4 Å². The Kier molecular flexibility index (Phi) is 3.77. The van der Waals surface area contributed by atoms with E-state index in [-0.39, 0.29) is 0 Å². The van der Waals surface area contributed by atoms with Crippen LogP contribution in [0.15, 0.2) is 0 Å². The van der Waals surface area contributed by atoms with Crippen LogP contribution in [0.25, 0.3) is 0 Å². The first-order valence-electron chi connectivity index (χ1n) is 5.89. The van der Waals surface area contributed by atoms with Gasteiger partial charge in [0.25, 0.3) is 0 Å². The van der Waals surface area contributed by atoms with Gasteiger partial charge in [-0.1, -0.05) is 13.8 Å². The Morgan fingerprint density at radius 3 is 2.27 bits per heavy atom. The number of hydrogen-bond acceptors (Lipinski definition) is 2. The molecule has 3 nitrogen and oxygen atoms in total. The van der Waals surface area contributed by atoms with Crippen LogP contribution >= 0.6 is 0 Å². The first-order chi connectivity index (χ1) is 6.86. The Morgan fingerprint density at radius 1 is 1.40 bits per heavy atom. The molecule has 0 radical (unpaired) electrons. The van der Waals surface area contributed by atoms with E-state index < -0.39 is 0 Å². The lowest BCUT2D eigenvalue weighted by molar-refractivity contribution is 0.172. The highest BCUT2D eigenvalue weighted by Crippen LogP contribution is 2.49. The zero-order valence-electron chi connectivity index (χ0n) is 10.5. The van der Waals surface area contributed by atoms with Gasteiger partial charge >= 0.3 is 0 Å². The van der Waals surface area contributed by atoms with Crippen molar-refractivity contribution >= 4 is 5.84 Å². The lowest BCUT2D eigenvalue weighted by Gasteiger charge is -2.31. The number of nitrogens with zero attached hydrogens (tertiary/aromatic N) is 1. The average molecular weight is 211 g/mol. The van der Waals surface area contributed by atoms with Gasteiger partial charge in [-0.15, -0.1) is 0 Å². The van der Waals surface area contributed by atoms with E-state index in [1.54, 1.807) is 0 Å². The van der Waals surface area contributed by atoms with E-state index in [2.05, 4.69) is 32.7 Å². The maximum Gasteiger partial charge on any atom is 0.0911 e. The molecule has 3 N–H and O–H groups in total. The summed E-state index contributed by atoms with van der Waals surface area (Å²) in [6, 6.07) is 0.606. The van der Waals surface area contributed by atoms with Crippen LogP contribution in [0.5, 0.6) is 0 Å². The highest BCUT2D eigenvalue weighted by molar-refractivity contribution is 5.78. The molecule has 1 rings (SSSR count). The van der Waals surface area contributed by atoms with Crippen molar-refractivity contribution in [1.29, 1.82) is 5.41 Å². The molecular weight excluding hydrogens is 186 g/mol. The lowest BCUT2D eigenvalue weighted by atomic mass is 9.98. The van der Waals surface area contributed by atoms with E-state index in [4.69, 9.17) is 11.1 Å². The monoisotopic (exact) mass is 211 g/mol. The molecule has 88 valence electrons. The quantitative estimate of drug-likeness (QED) is 0.522. The summed E-state index contributed by atoms with van der Waals surface area (Å²) in [5, 5.41) is 7.39. The van der Waals surface area contributed by atoms with Gasteiger partial charge < -0.3 is 10.6 Å². The second-order valence-electron chi connectivity index (χ2n) is 5.60. The minimum Gasteiger partial charge on any atom is -0.388 e. The smallest absolute Gasteiger partial charge is 0.0911 e. The molecule has 1 aliphatic carbocycles. The molecule has 1 atom stereocenters. The molecule has 0 spiro atoms. The summed E-state index contributed by atoms with van der Waals surface area (Å²) in [5.41, 5.74) is 5.83. The van der Waals surface area contributed by atoms with Crippen LogP contribution in [0.3, 0.4) is 0 Å². The number of amidine groups is 1. The van der Waals surface area contributed by atoms with Gasteiger partial charge in [0.05, 0.1) is 5.84 Å². The van der Waals surface area contributed by atoms with Crippen molar-refractivity contribution in [3.63, 3.8) is 0 Å². The van der Waals surface area contributed by atoms with Crippen LogP contribution < -0.4 is 5.73 Å². The summed E-state index contributed by atoms with van der Waals surface area (Å²) in [4.78, 5) is 2.42. The van der Waals surface area contributed by atoms with Crippen molar-refractivity contribution in [2.75, 3.05) is 13.6 Å². The number of nitrogens with one attached hydrogen (secondary N) is 1. The summed E-state index contributed by atoms with van der Waals surface area (Å²) < 4.78 is 0. The van der Waals surface area contributed by atoms with E-state index in [1.165, 1.54) is 12.8 Å². The van der Waals surface area contributed by atoms with Gasteiger partial charge in [0.2, 0.25) is 0 Å². The van der Waals surface area contributed by atoms with E-state index in [0.717, 1.165) is 13.0 Å². The van der Waals surface area contributed by atoms with Gasteiger partial charge in [0.1, 0.15) is 0 Å². The SMILES string of the molecule is CC(C)C(C)N(C)CC1(CC(=N)N)CC1. The molecule has 0 amide bonds. The van der Waals surface area contributed by atoms with E-state index >= 15 is 0 Å². The normalized spacial score (nSPS) is 20.7. The molecular formula is C12H25N3. The summed E-state index contributed by atoms with van der Waals surface area (Å²) in [5.74, 6) is 1.03. The molecule has 1 saturated carbocycles. The molecule has 0 saturated heterocycles. The fourth-order valence-electron chi connectivity index (χ4n) is 2.15. The molecule has 3 heteroatoms. The Bertz CT molecular complexity index is 231. The molecule has 0 aromatic carbocycles. The highest BCUT2D eigenvalue weighted by atomic mass is 15.1. The predicted molar refractivity (Wildman–Crippen MR) is 65.1 cm³/mol. The second-order valence-corrected chi connectivity index (χ2v) is 5.60.